The Labute approximate surface area is 214 Å². The largest absolute Gasteiger partial charge is 0.376 e. The Balaban J connectivity index is 1.32. The number of nitrogens with zero attached hydrogens (tertiary/aromatic N) is 3. The molecule has 7 rings (SSSR count). The van der Waals surface area contributed by atoms with E-state index >= 15 is 0 Å². The average Bonchev–Trinajstić information content (AvgIpc) is 3.05. The van der Waals surface area contributed by atoms with Crippen LogP contribution >= 0.6 is 0 Å². The minimum atomic E-state index is 0.0206. The first-order valence-electron chi connectivity index (χ1n) is 13.7. The molecule has 2 atom stereocenters. The number of fused-ring (bicyclic) bond motifs is 5. The van der Waals surface area contributed by atoms with E-state index in [-0.39, 0.29) is 24.0 Å². The zero-order valence-corrected chi connectivity index (χ0v) is 21.7. The molecule has 1 aromatic heterocycles. The lowest BCUT2D eigenvalue weighted by atomic mass is 9.86. The van der Waals surface area contributed by atoms with Gasteiger partial charge in [0.2, 0.25) is 5.91 Å². The molecule has 1 saturated carbocycles. The van der Waals surface area contributed by atoms with Crippen LogP contribution in [0.15, 0.2) is 30.5 Å². The van der Waals surface area contributed by atoms with Crippen LogP contribution in [0.2, 0.25) is 0 Å². The SMILES string of the molecule is Cc1cnc2c(c1)CN(C(=O)C1CCC(OC(C)C)CC1)c1cc(N3C[C@@H]4CC[C@H]3CO4)ccc1N2. The number of morpholine rings is 1. The predicted molar refractivity (Wildman–Crippen MR) is 142 cm³/mol. The zero-order valence-electron chi connectivity index (χ0n) is 21.7. The number of anilines is 4. The summed E-state index contributed by atoms with van der Waals surface area (Å²) in [4.78, 5) is 23.3. The maximum absolute atomic E-state index is 14.1. The average molecular weight is 491 g/mol. The van der Waals surface area contributed by atoms with Crippen LogP contribution in [0, 0.1) is 12.8 Å². The Morgan fingerprint density at radius 3 is 2.67 bits per heavy atom. The highest BCUT2D eigenvalue weighted by Gasteiger charge is 2.37. The van der Waals surface area contributed by atoms with E-state index in [0.717, 1.165) is 73.6 Å². The fourth-order valence-corrected chi connectivity index (χ4v) is 6.39. The van der Waals surface area contributed by atoms with E-state index in [1.54, 1.807) is 0 Å². The van der Waals surface area contributed by atoms with Gasteiger partial charge in [-0.2, -0.15) is 0 Å². The van der Waals surface area contributed by atoms with Crippen LogP contribution < -0.4 is 15.1 Å². The second kappa shape index (κ2) is 9.67. The number of ether oxygens (including phenoxy) is 2. The van der Waals surface area contributed by atoms with E-state index in [0.29, 0.717) is 18.7 Å². The van der Waals surface area contributed by atoms with Gasteiger partial charge in [-0.15, -0.1) is 0 Å². The van der Waals surface area contributed by atoms with Crippen molar-refractivity contribution in [2.45, 2.75) is 90.2 Å². The first-order valence-corrected chi connectivity index (χ1v) is 13.7. The molecule has 0 spiro atoms. The summed E-state index contributed by atoms with van der Waals surface area (Å²) < 4.78 is 12.0. The fraction of sp³-hybridized carbons (Fsp3) is 0.586. The van der Waals surface area contributed by atoms with Crippen LogP contribution in [-0.2, 0) is 20.8 Å². The van der Waals surface area contributed by atoms with Gasteiger partial charge in [0.1, 0.15) is 5.82 Å². The van der Waals surface area contributed by atoms with E-state index in [2.05, 4.69) is 60.2 Å². The van der Waals surface area contributed by atoms with Crippen molar-refractivity contribution in [3.8, 4) is 0 Å². The number of aromatic nitrogens is 1. The van der Waals surface area contributed by atoms with Crippen molar-refractivity contribution in [2.24, 2.45) is 5.92 Å². The Kier molecular flexibility index (Phi) is 6.38. The third-order valence-electron chi connectivity index (χ3n) is 8.23. The zero-order chi connectivity index (χ0) is 24.8. The molecule has 1 amide bonds. The second-order valence-corrected chi connectivity index (χ2v) is 11.3. The molecule has 7 nitrogen and oxygen atoms in total. The van der Waals surface area contributed by atoms with E-state index in [1.165, 1.54) is 12.1 Å². The summed E-state index contributed by atoms with van der Waals surface area (Å²) in [5.74, 6) is 1.08. The number of piperidine rings is 1. The van der Waals surface area contributed by atoms with Crippen molar-refractivity contribution < 1.29 is 14.3 Å². The van der Waals surface area contributed by atoms with Crippen molar-refractivity contribution >= 4 is 28.8 Å². The molecular weight excluding hydrogens is 452 g/mol. The highest BCUT2D eigenvalue weighted by molar-refractivity contribution is 6.00. The molecule has 5 aliphatic rings. The third-order valence-corrected chi connectivity index (χ3v) is 8.23. The van der Waals surface area contributed by atoms with E-state index < -0.39 is 0 Å². The molecule has 1 aliphatic carbocycles. The van der Waals surface area contributed by atoms with E-state index in [9.17, 15) is 4.79 Å². The second-order valence-electron chi connectivity index (χ2n) is 11.3. The lowest BCUT2D eigenvalue weighted by molar-refractivity contribution is -0.124. The van der Waals surface area contributed by atoms with Crippen LogP contribution in [0.1, 0.15) is 63.5 Å². The summed E-state index contributed by atoms with van der Waals surface area (Å²) in [6.45, 7) is 8.47. The number of carbonyl (C=O) groups is 1. The molecule has 0 unspecified atom stereocenters. The van der Waals surface area contributed by atoms with Crippen molar-refractivity contribution in [1.82, 2.24) is 4.98 Å². The highest BCUT2D eigenvalue weighted by atomic mass is 16.5. The monoisotopic (exact) mass is 490 g/mol. The molecule has 2 bridgehead atoms. The summed E-state index contributed by atoms with van der Waals surface area (Å²) in [7, 11) is 0. The summed E-state index contributed by atoms with van der Waals surface area (Å²) in [6.07, 6.45) is 8.64. The first-order chi connectivity index (χ1) is 17.4. The van der Waals surface area contributed by atoms with E-state index in [4.69, 9.17) is 9.47 Å². The van der Waals surface area contributed by atoms with Gasteiger partial charge in [0.15, 0.2) is 0 Å². The van der Waals surface area contributed by atoms with Gasteiger partial charge in [-0.1, -0.05) is 0 Å². The number of amides is 1. The molecule has 1 aromatic carbocycles. The van der Waals surface area contributed by atoms with Gasteiger partial charge < -0.3 is 24.6 Å². The molecule has 2 aromatic rings. The minimum absolute atomic E-state index is 0.0206. The van der Waals surface area contributed by atoms with Crippen molar-refractivity contribution in [3.05, 3.63) is 41.6 Å². The van der Waals surface area contributed by atoms with Crippen molar-refractivity contribution in [3.63, 3.8) is 0 Å². The standard InChI is InChI=1S/C29H38N4O3/c1-18(2)36-24-8-4-20(5-9-24)29(34)33-15-21-12-19(3)14-30-28(21)31-26-11-7-22(13-27(26)33)32-16-25-10-6-23(32)17-35-25/h7,11-14,18,20,23-25H,4-6,8-10,15-17H2,1-3H3,(H,30,31)/t20?,23-,24?,25-/m0/s1. The number of aryl methyl sites for hydroxylation is 1. The number of carbonyl (C=O) groups excluding carboxylic acids is 1. The maximum Gasteiger partial charge on any atom is 0.230 e. The Morgan fingerprint density at radius 2 is 1.97 bits per heavy atom. The molecule has 192 valence electrons. The first kappa shape index (κ1) is 23.7. The number of hydrogen-bond donors (Lipinski definition) is 1. The normalized spacial score (nSPS) is 27.3. The van der Waals surface area contributed by atoms with Gasteiger partial charge in [0.05, 0.1) is 48.9 Å². The number of nitrogens with one attached hydrogen (secondary N) is 1. The predicted octanol–water partition coefficient (Wildman–Crippen LogP) is 5.33. The topological polar surface area (TPSA) is 66.9 Å². The smallest absolute Gasteiger partial charge is 0.230 e. The van der Waals surface area contributed by atoms with E-state index in [1.807, 2.05) is 11.1 Å². The molecule has 5 heterocycles. The molecule has 4 fully saturated rings. The van der Waals surface area contributed by atoms with Gasteiger partial charge >= 0.3 is 0 Å². The lowest BCUT2D eigenvalue weighted by Gasteiger charge is -2.46. The molecular formula is C29H38N4O3. The summed E-state index contributed by atoms with van der Waals surface area (Å²) in [5.41, 5.74) is 5.23. The Morgan fingerprint density at radius 1 is 1.14 bits per heavy atom. The van der Waals surface area contributed by atoms with Crippen molar-refractivity contribution in [1.29, 1.82) is 0 Å². The van der Waals surface area contributed by atoms with Gasteiger partial charge in [-0.3, -0.25) is 4.79 Å². The number of pyridine rings is 1. The molecule has 0 radical (unpaired) electrons. The lowest BCUT2D eigenvalue weighted by Crippen LogP contribution is -2.54. The molecule has 36 heavy (non-hydrogen) atoms. The van der Waals surface area contributed by atoms with Crippen LogP contribution in [0.3, 0.4) is 0 Å². The molecule has 1 N–H and O–H groups in total. The fourth-order valence-electron chi connectivity index (χ4n) is 6.39. The van der Waals surface area contributed by atoms with Crippen LogP contribution in [-0.4, -0.2) is 48.4 Å². The number of benzene rings is 1. The summed E-state index contributed by atoms with van der Waals surface area (Å²) in [5, 5.41) is 3.54. The minimum Gasteiger partial charge on any atom is -0.376 e. The van der Waals surface area contributed by atoms with Crippen molar-refractivity contribution in [2.75, 3.05) is 28.3 Å². The Hall–Kier alpha value is -2.64. The number of hydrogen-bond acceptors (Lipinski definition) is 6. The highest BCUT2D eigenvalue weighted by Crippen LogP contribution is 2.41. The van der Waals surface area contributed by atoms with Gasteiger partial charge in [0, 0.05) is 29.9 Å². The third kappa shape index (κ3) is 4.59. The van der Waals surface area contributed by atoms with Gasteiger partial charge in [0.25, 0.3) is 0 Å². The van der Waals surface area contributed by atoms with Crippen LogP contribution in [0.5, 0.6) is 0 Å². The summed E-state index contributed by atoms with van der Waals surface area (Å²) in [6, 6.07) is 9.08. The molecule has 7 heteroatoms. The molecule has 4 aliphatic heterocycles. The Bertz CT molecular complexity index is 1120. The van der Waals surface area contributed by atoms with Crippen LogP contribution in [0.25, 0.3) is 0 Å². The molecule has 3 saturated heterocycles. The maximum atomic E-state index is 14.1. The van der Waals surface area contributed by atoms with Gasteiger partial charge in [-0.25, -0.2) is 4.98 Å². The number of rotatable bonds is 4. The summed E-state index contributed by atoms with van der Waals surface area (Å²) >= 11 is 0. The van der Waals surface area contributed by atoms with Crippen LogP contribution in [0.4, 0.5) is 22.9 Å². The quantitative estimate of drug-likeness (QED) is 0.625. The van der Waals surface area contributed by atoms with Gasteiger partial charge in [-0.05, 0) is 89.1 Å².